The number of methoxy groups -OCH3 is 1. The van der Waals surface area contributed by atoms with Crippen LogP contribution in [0.3, 0.4) is 0 Å². The summed E-state index contributed by atoms with van der Waals surface area (Å²) in [6, 6.07) is 22.1. The Morgan fingerprint density at radius 3 is 2.42 bits per heavy atom. The number of amides is 1. The molecule has 6 heteroatoms. The van der Waals surface area contributed by atoms with Crippen LogP contribution in [0.2, 0.25) is 0 Å². The second kappa shape index (κ2) is 10.8. The lowest BCUT2D eigenvalue weighted by atomic mass is 10.1. The van der Waals surface area contributed by atoms with E-state index >= 15 is 0 Å². The Morgan fingerprint density at radius 2 is 1.68 bits per heavy atom. The van der Waals surface area contributed by atoms with Crippen LogP contribution in [0.5, 0.6) is 11.5 Å². The highest BCUT2D eigenvalue weighted by molar-refractivity contribution is 5.94. The molecular weight excluding hydrogens is 394 g/mol. The molecule has 3 rings (SSSR count). The third-order valence-corrected chi connectivity index (χ3v) is 4.57. The van der Waals surface area contributed by atoms with E-state index in [1.807, 2.05) is 55.5 Å². The van der Waals surface area contributed by atoms with Crippen molar-refractivity contribution in [2.45, 2.75) is 20.1 Å². The van der Waals surface area contributed by atoms with E-state index in [2.05, 4.69) is 5.32 Å². The average Bonchev–Trinajstić information content (AvgIpc) is 2.80. The highest BCUT2D eigenvalue weighted by atomic mass is 16.5. The smallest absolute Gasteiger partial charge is 0.342 e. The fourth-order valence-electron chi connectivity index (χ4n) is 2.93. The quantitative estimate of drug-likeness (QED) is 0.530. The van der Waals surface area contributed by atoms with Crippen molar-refractivity contribution in [3.8, 4) is 11.5 Å². The molecule has 1 N–H and O–H groups in total. The Balaban J connectivity index is 1.51. The molecule has 0 radical (unpaired) electrons. The zero-order valence-corrected chi connectivity index (χ0v) is 17.6. The second-order valence-electron chi connectivity index (χ2n) is 6.97. The van der Waals surface area contributed by atoms with Crippen molar-refractivity contribution in [1.82, 2.24) is 5.32 Å². The molecule has 0 atom stereocenters. The maximum Gasteiger partial charge on any atom is 0.342 e. The van der Waals surface area contributed by atoms with Gasteiger partial charge in [-0.05, 0) is 42.3 Å². The number of rotatable bonds is 9. The molecule has 160 valence electrons. The normalized spacial score (nSPS) is 10.3. The number of nitrogens with one attached hydrogen (secondary N) is 1. The number of aryl methyl sites for hydroxylation is 1. The van der Waals surface area contributed by atoms with Gasteiger partial charge in [0.05, 0.1) is 7.11 Å². The minimum atomic E-state index is -0.612. The highest BCUT2D eigenvalue weighted by Crippen LogP contribution is 2.20. The highest BCUT2D eigenvalue weighted by Gasteiger charge is 2.15. The summed E-state index contributed by atoms with van der Waals surface area (Å²) in [5.74, 6) is 0.154. The van der Waals surface area contributed by atoms with Gasteiger partial charge in [0, 0.05) is 6.54 Å². The van der Waals surface area contributed by atoms with Crippen LogP contribution < -0.4 is 14.8 Å². The minimum absolute atomic E-state index is 0.276. The summed E-state index contributed by atoms with van der Waals surface area (Å²) in [7, 11) is 1.59. The lowest BCUT2D eigenvalue weighted by molar-refractivity contribution is -0.124. The van der Waals surface area contributed by atoms with E-state index in [-0.39, 0.29) is 18.1 Å². The van der Waals surface area contributed by atoms with Gasteiger partial charge < -0.3 is 19.5 Å². The van der Waals surface area contributed by atoms with Gasteiger partial charge in [0.15, 0.2) is 6.61 Å². The van der Waals surface area contributed by atoms with Crippen LogP contribution in [0.25, 0.3) is 0 Å². The first-order chi connectivity index (χ1) is 15.0. The van der Waals surface area contributed by atoms with E-state index < -0.39 is 5.97 Å². The molecule has 0 saturated heterocycles. The Bertz CT molecular complexity index is 1030. The van der Waals surface area contributed by atoms with Crippen molar-refractivity contribution in [3.05, 3.63) is 95.1 Å². The molecule has 0 saturated carbocycles. The summed E-state index contributed by atoms with van der Waals surface area (Å²) in [5, 5.41) is 2.72. The predicted molar refractivity (Wildman–Crippen MR) is 117 cm³/mol. The third kappa shape index (κ3) is 6.60. The van der Waals surface area contributed by atoms with Gasteiger partial charge in [-0.1, -0.05) is 54.1 Å². The van der Waals surface area contributed by atoms with Crippen LogP contribution in [0.4, 0.5) is 0 Å². The Hall–Kier alpha value is -3.80. The van der Waals surface area contributed by atoms with E-state index in [0.29, 0.717) is 18.9 Å². The standard InChI is InChI=1S/C25H25NO5/c1-18-6-5-7-20(14-18)16-30-23-9-4-3-8-22(23)25(28)31-17-24(27)26-15-19-10-12-21(29-2)13-11-19/h3-14H,15-17H2,1-2H3,(H,26,27). The van der Waals surface area contributed by atoms with Crippen LogP contribution >= 0.6 is 0 Å². The van der Waals surface area contributed by atoms with Crippen molar-refractivity contribution in [3.63, 3.8) is 0 Å². The minimum Gasteiger partial charge on any atom is -0.497 e. The summed E-state index contributed by atoms with van der Waals surface area (Å²) in [6.07, 6.45) is 0. The van der Waals surface area contributed by atoms with Crippen molar-refractivity contribution < 1.29 is 23.8 Å². The van der Waals surface area contributed by atoms with Crippen molar-refractivity contribution in [1.29, 1.82) is 0 Å². The van der Waals surface area contributed by atoms with Gasteiger partial charge >= 0.3 is 5.97 Å². The lowest BCUT2D eigenvalue weighted by Gasteiger charge is -2.12. The van der Waals surface area contributed by atoms with Crippen LogP contribution in [0, 0.1) is 6.92 Å². The SMILES string of the molecule is COc1ccc(CNC(=O)COC(=O)c2ccccc2OCc2cccc(C)c2)cc1. The van der Waals surface area contributed by atoms with Gasteiger partial charge in [0.25, 0.3) is 5.91 Å². The van der Waals surface area contributed by atoms with E-state index in [4.69, 9.17) is 14.2 Å². The van der Waals surface area contributed by atoms with Gasteiger partial charge in [-0.3, -0.25) is 4.79 Å². The molecule has 6 nitrogen and oxygen atoms in total. The van der Waals surface area contributed by atoms with Crippen LogP contribution in [0.15, 0.2) is 72.8 Å². The van der Waals surface area contributed by atoms with Crippen molar-refractivity contribution in [2.24, 2.45) is 0 Å². The largest absolute Gasteiger partial charge is 0.497 e. The molecule has 0 aliphatic heterocycles. The maximum atomic E-state index is 12.5. The summed E-state index contributed by atoms with van der Waals surface area (Å²) >= 11 is 0. The van der Waals surface area contributed by atoms with E-state index in [1.54, 1.807) is 31.4 Å². The third-order valence-electron chi connectivity index (χ3n) is 4.57. The molecule has 3 aromatic carbocycles. The summed E-state index contributed by atoms with van der Waals surface area (Å²) in [6.45, 7) is 2.29. The molecule has 0 fully saturated rings. The van der Waals surface area contributed by atoms with Gasteiger partial charge in [-0.25, -0.2) is 4.79 Å². The number of carbonyl (C=O) groups is 2. The van der Waals surface area contributed by atoms with Gasteiger partial charge in [-0.2, -0.15) is 0 Å². The van der Waals surface area contributed by atoms with Gasteiger partial charge in [0.2, 0.25) is 0 Å². The maximum absolute atomic E-state index is 12.5. The first kappa shape index (κ1) is 21.9. The molecule has 0 unspecified atom stereocenters. The number of carbonyl (C=O) groups excluding carboxylic acids is 2. The van der Waals surface area contributed by atoms with E-state index in [1.165, 1.54) is 0 Å². The Morgan fingerprint density at radius 1 is 0.903 bits per heavy atom. The zero-order chi connectivity index (χ0) is 22.1. The summed E-state index contributed by atoms with van der Waals surface area (Å²) in [5.41, 5.74) is 3.32. The molecule has 31 heavy (non-hydrogen) atoms. The molecule has 0 aliphatic carbocycles. The van der Waals surface area contributed by atoms with Crippen LogP contribution in [-0.4, -0.2) is 25.6 Å². The number of ether oxygens (including phenoxy) is 3. The zero-order valence-electron chi connectivity index (χ0n) is 17.6. The summed E-state index contributed by atoms with van der Waals surface area (Å²) in [4.78, 5) is 24.5. The fraction of sp³-hybridized carbons (Fsp3) is 0.200. The molecule has 3 aromatic rings. The number of hydrogen-bond donors (Lipinski definition) is 1. The topological polar surface area (TPSA) is 73.9 Å². The average molecular weight is 419 g/mol. The van der Waals surface area contributed by atoms with Gasteiger partial charge in [-0.15, -0.1) is 0 Å². The Labute approximate surface area is 181 Å². The van der Waals surface area contributed by atoms with E-state index in [0.717, 1.165) is 22.4 Å². The molecule has 0 spiro atoms. The molecule has 1 amide bonds. The number of para-hydroxylation sites is 1. The van der Waals surface area contributed by atoms with Crippen molar-refractivity contribution in [2.75, 3.05) is 13.7 Å². The number of benzene rings is 3. The van der Waals surface area contributed by atoms with E-state index in [9.17, 15) is 9.59 Å². The van der Waals surface area contributed by atoms with Crippen LogP contribution in [0.1, 0.15) is 27.0 Å². The summed E-state index contributed by atoms with van der Waals surface area (Å²) < 4.78 is 16.1. The second-order valence-corrected chi connectivity index (χ2v) is 6.97. The molecular formula is C25H25NO5. The number of hydrogen-bond acceptors (Lipinski definition) is 5. The predicted octanol–water partition coefficient (Wildman–Crippen LogP) is 4.06. The lowest BCUT2D eigenvalue weighted by Crippen LogP contribution is -2.28. The van der Waals surface area contributed by atoms with Crippen molar-refractivity contribution >= 4 is 11.9 Å². The first-order valence-electron chi connectivity index (χ1n) is 9.89. The van der Waals surface area contributed by atoms with Gasteiger partial charge in [0.1, 0.15) is 23.7 Å². The molecule has 0 heterocycles. The fourth-order valence-corrected chi connectivity index (χ4v) is 2.93. The number of esters is 1. The molecule has 0 aromatic heterocycles. The van der Waals surface area contributed by atoms with Crippen LogP contribution in [-0.2, 0) is 22.7 Å². The molecule has 0 aliphatic rings. The Kier molecular flexibility index (Phi) is 7.65. The monoisotopic (exact) mass is 419 g/mol. The first-order valence-corrected chi connectivity index (χ1v) is 9.89. The molecule has 0 bridgehead atoms.